The van der Waals surface area contributed by atoms with Crippen LogP contribution in [0.15, 0.2) is 24.3 Å². The zero-order valence-electron chi connectivity index (χ0n) is 25.9. The van der Waals surface area contributed by atoms with Crippen LogP contribution in [0.5, 0.6) is 0 Å². The first kappa shape index (κ1) is 38.1. The number of alkyl halides is 3. The molecule has 1 aromatic carbocycles. The van der Waals surface area contributed by atoms with Gasteiger partial charge in [0.2, 0.25) is 5.91 Å². The summed E-state index contributed by atoms with van der Waals surface area (Å²) in [7, 11) is 0. The number of Topliss-reactive ketones (excluding diaryl/α,β-unsaturated/α-hetero) is 2. The van der Waals surface area contributed by atoms with E-state index in [1.807, 2.05) is 0 Å². The van der Waals surface area contributed by atoms with Crippen LogP contribution in [-0.2, 0) is 19.1 Å². The van der Waals surface area contributed by atoms with Gasteiger partial charge in [-0.05, 0) is 36.8 Å². The second-order valence-corrected chi connectivity index (χ2v) is 11.9. The Balaban J connectivity index is 0.00000705. The largest absolute Gasteiger partial charge is 0.452 e. The first-order valence-electron chi connectivity index (χ1n) is 14.8. The minimum atomic E-state index is -5.23. The number of morpholine rings is 1. The highest BCUT2D eigenvalue weighted by Gasteiger charge is 2.57. The molecule has 15 heteroatoms. The Bertz CT molecular complexity index is 1220. The van der Waals surface area contributed by atoms with Crippen LogP contribution < -0.4 is 16.4 Å². The summed E-state index contributed by atoms with van der Waals surface area (Å²) in [5.41, 5.74) is 4.07. The van der Waals surface area contributed by atoms with Gasteiger partial charge in [0.05, 0.1) is 25.3 Å². The molecule has 2 fully saturated rings. The molecule has 2 aliphatic heterocycles. The van der Waals surface area contributed by atoms with E-state index in [-0.39, 0.29) is 54.7 Å². The smallest absolute Gasteiger partial charge is 0.379 e. The lowest BCUT2D eigenvalue weighted by Crippen LogP contribution is -2.67. The number of nitrogens with two attached hydrogens (primary N) is 1. The Hall–Kier alpha value is -3.07. The molecule has 4 N–H and O–H groups in total. The number of carbonyl (C=O) groups excluding carboxylic acids is 5. The Morgan fingerprint density at radius 3 is 2.07 bits per heavy atom. The number of rotatable bonds is 12. The third kappa shape index (κ3) is 8.81. The highest BCUT2D eigenvalue weighted by molar-refractivity contribution is 6.20. The van der Waals surface area contributed by atoms with Crippen molar-refractivity contribution in [3.05, 3.63) is 35.4 Å². The molecule has 2 heterocycles. The van der Waals surface area contributed by atoms with Crippen molar-refractivity contribution in [1.29, 1.82) is 0 Å². The molecule has 0 saturated carbocycles. The van der Waals surface area contributed by atoms with E-state index in [2.05, 4.69) is 15.5 Å². The van der Waals surface area contributed by atoms with Crippen LogP contribution in [-0.4, -0.2) is 109 Å². The predicted molar refractivity (Wildman–Crippen MR) is 162 cm³/mol. The molecule has 45 heavy (non-hydrogen) atoms. The molecule has 1 aromatic rings. The van der Waals surface area contributed by atoms with Crippen molar-refractivity contribution < 1.29 is 41.9 Å². The number of hydrogen-bond donors (Lipinski definition) is 3. The summed E-state index contributed by atoms with van der Waals surface area (Å²) in [5, 5.41) is 4.96. The molecule has 3 amide bonds. The number of benzene rings is 1. The number of carbonyl (C=O) groups is 5. The molecule has 1 unspecified atom stereocenters. The quantitative estimate of drug-likeness (QED) is 0.227. The van der Waals surface area contributed by atoms with Crippen molar-refractivity contribution in [3.8, 4) is 0 Å². The summed E-state index contributed by atoms with van der Waals surface area (Å²) >= 11 is 0. The Labute approximate surface area is 267 Å². The standard InChI is InChI=1S/C30H42F3N5O6.ClH/c1-18(2)22(34)27(42)38-12-5-10-29(38,28(43)36-23(19(3)4)25(40)30(31,32)33)24(39)20-6-8-21(9-7-20)26(41)35-11-13-37-14-16-44-17-15-37;/h6-9,18-19,22-23H,5,10-17,34H2,1-4H3,(H,35,41)(H,36,43);1H/t22-,23?,29+;/m0./s1. The molecule has 3 rings (SSSR count). The summed E-state index contributed by atoms with van der Waals surface area (Å²) in [6.45, 7) is 9.83. The molecule has 11 nitrogen and oxygen atoms in total. The topological polar surface area (TPSA) is 151 Å². The molecule has 0 bridgehead atoms. The molecule has 3 atom stereocenters. The van der Waals surface area contributed by atoms with Crippen molar-refractivity contribution in [2.24, 2.45) is 17.6 Å². The summed E-state index contributed by atoms with van der Waals surface area (Å²) < 4.78 is 45.5. The van der Waals surface area contributed by atoms with Crippen LogP contribution in [0, 0.1) is 11.8 Å². The lowest BCUT2D eigenvalue weighted by atomic mass is 9.83. The molecular weight excluding hydrogens is 619 g/mol. The van der Waals surface area contributed by atoms with Crippen LogP contribution in [0.2, 0.25) is 0 Å². The number of nitrogens with zero attached hydrogens (tertiary/aromatic N) is 2. The minimum absolute atomic E-state index is 0. The highest BCUT2D eigenvalue weighted by Crippen LogP contribution is 2.35. The van der Waals surface area contributed by atoms with Gasteiger partial charge < -0.3 is 26.0 Å². The molecule has 2 saturated heterocycles. The van der Waals surface area contributed by atoms with E-state index in [0.717, 1.165) is 18.0 Å². The normalized spacial score (nSPS) is 20.4. The van der Waals surface area contributed by atoms with Gasteiger partial charge in [0.25, 0.3) is 17.6 Å². The van der Waals surface area contributed by atoms with E-state index in [4.69, 9.17) is 10.5 Å². The fraction of sp³-hybridized carbons (Fsp3) is 0.633. The van der Waals surface area contributed by atoms with Crippen LogP contribution in [0.3, 0.4) is 0 Å². The highest BCUT2D eigenvalue weighted by atomic mass is 35.5. The van der Waals surface area contributed by atoms with Gasteiger partial charge in [0.1, 0.15) is 0 Å². The van der Waals surface area contributed by atoms with E-state index in [0.29, 0.717) is 26.3 Å². The van der Waals surface area contributed by atoms with Gasteiger partial charge in [-0.15, -0.1) is 12.4 Å². The van der Waals surface area contributed by atoms with Crippen LogP contribution in [0.25, 0.3) is 0 Å². The third-order valence-corrected chi connectivity index (χ3v) is 8.14. The van der Waals surface area contributed by atoms with Crippen molar-refractivity contribution in [2.75, 3.05) is 45.9 Å². The molecule has 0 aliphatic carbocycles. The SMILES string of the molecule is CC(C)C(NC(=O)[C@]1(C(=O)c2ccc(C(=O)NCCN3CCOCC3)cc2)CCCN1C(=O)[C@@H](N)C(C)C)C(=O)C(F)(F)F.Cl. The van der Waals surface area contributed by atoms with Gasteiger partial charge in [-0.1, -0.05) is 39.8 Å². The molecule has 0 spiro atoms. The van der Waals surface area contributed by atoms with Gasteiger partial charge in [0.15, 0.2) is 11.3 Å². The number of amides is 3. The van der Waals surface area contributed by atoms with Gasteiger partial charge >= 0.3 is 6.18 Å². The minimum Gasteiger partial charge on any atom is -0.379 e. The fourth-order valence-electron chi connectivity index (χ4n) is 5.40. The van der Waals surface area contributed by atoms with E-state index in [1.165, 1.54) is 38.1 Å². The lowest BCUT2D eigenvalue weighted by Gasteiger charge is -2.39. The Morgan fingerprint density at radius 2 is 1.53 bits per heavy atom. The van der Waals surface area contributed by atoms with Crippen molar-refractivity contribution in [2.45, 2.75) is 64.3 Å². The van der Waals surface area contributed by atoms with Crippen molar-refractivity contribution in [1.82, 2.24) is 20.4 Å². The van der Waals surface area contributed by atoms with Crippen LogP contribution in [0.4, 0.5) is 13.2 Å². The Kier molecular flexibility index (Phi) is 13.5. The van der Waals surface area contributed by atoms with Gasteiger partial charge in [-0.25, -0.2) is 0 Å². The van der Waals surface area contributed by atoms with Crippen molar-refractivity contribution >= 4 is 41.7 Å². The third-order valence-electron chi connectivity index (χ3n) is 8.14. The number of likely N-dealkylation sites (tertiary alicyclic amines) is 1. The number of nitrogens with one attached hydrogen (secondary N) is 2. The summed E-state index contributed by atoms with van der Waals surface area (Å²) in [6.07, 6.45) is -5.23. The maximum atomic E-state index is 14.1. The average Bonchev–Trinajstić information content (AvgIpc) is 3.44. The average molecular weight is 662 g/mol. The molecular formula is C30H43ClF3N5O6. The molecule has 0 aromatic heterocycles. The molecule has 252 valence electrons. The van der Waals surface area contributed by atoms with Crippen LogP contribution >= 0.6 is 12.4 Å². The number of halogens is 4. The van der Waals surface area contributed by atoms with Crippen LogP contribution in [0.1, 0.15) is 61.3 Å². The van der Waals surface area contributed by atoms with E-state index >= 15 is 0 Å². The Morgan fingerprint density at radius 1 is 0.956 bits per heavy atom. The summed E-state index contributed by atoms with van der Waals surface area (Å²) in [6, 6.07) is 2.39. The van der Waals surface area contributed by atoms with Gasteiger partial charge in [-0.2, -0.15) is 13.2 Å². The molecule has 0 radical (unpaired) electrons. The number of ether oxygens (including phenoxy) is 1. The van der Waals surface area contributed by atoms with E-state index in [9.17, 15) is 37.1 Å². The zero-order chi connectivity index (χ0) is 32.8. The van der Waals surface area contributed by atoms with Crippen molar-refractivity contribution in [3.63, 3.8) is 0 Å². The van der Waals surface area contributed by atoms with Gasteiger partial charge in [-0.3, -0.25) is 28.9 Å². The predicted octanol–water partition coefficient (Wildman–Crippen LogP) is 1.97. The number of ketones is 2. The van der Waals surface area contributed by atoms with Gasteiger partial charge in [0, 0.05) is 43.9 Å². The second kappa shape index (κ2) is 16.0. The first-order valence-corrected chi connectivity index (χ1v) is 14.8. The monoisotopic (exact) mass is 661 g/mol. The lowest BCUT2D eigenvalue weighted by molar-refractivity contribution is -0.175. The number of hydrogen-bond acceptors (Lipinski definition) is 8. The second-order valence-electron chi connectivity index (χ2n) is 11.9. The summed E-state index contributed by atoms with van der Waals surface area (Å²) in [5.74, 6) is -6.62. The maximum Gasteiger partial charge on any atom is 0.452 e. The van der Waals surface area contributed by atoms with E-state index in [1.54, 1.807) is 13.8 Å². The summed E-state index contributed by atoms with van der Waals surface area (Å²) in [4.78, 5) is 69.6. The molecule has 2 aliphatic rings. The maximum absolute atomic E-state index is 14.1. The zero-order valence-corrected chi connectivity index (χ0v) is 26.8. The first-order chi connectivity index (χ1) is 20.6. The van der Waals surface area contributed by atoms with E-state index < -0.39 is 53.1 Å². The fourth-order valence-corrected chi connectivity index (χ4v) is 5.40.